The second-order valence-corrected chi connectivity index (χ2v) is 6.56. The van der Waals surface area contributed by atoms with Crippen molar-refractivity contribution in [3.05, 3.63) is 0 Å². The molecule has 0 saturated heterocycles. The molecule has 0 aromatic heterocycles. The van der Waals surface area contributed by atoms with Crippen molar-refractivity contribution in [2.24, 2.45) is 11.7 Å². The quantitative estimate of drug-likeness (QED) is 0.688. The molecule has 0 aromatic carbocycles. The van der Waals surface area contributed by atoms with Gasteiger partial charge in [-0.2, -0.15) is 0 Å². The zero-order chi connectivity index (χ0) is 14.5. The van der Waals surface area contributed by atoms with Crippen LogP contribution < -0.4 is 5.73 Å². The highest BCUT2D eigenvalue weighted by Crippen LogP contribution is 2.39. The molecule has 1 aliphatic carbocycles. The van der Waals surface area contributed by atoms with Gasteiger partial charge in [0.15, 0.2) is 0 Å². The average molecular weight is 271 g/mol. The minimum Gasteiger partial charge on any atom is -0.378 e. The van der Waals surface area contributed by atoms with E-state index in [0.717, 1.165) is 45.6 Å². The Bertz CT molecular complexity index is 250. The Hall–Kier alpha value is -0.160. The number of nitrogens with zero attached hydrogens (tertiary/aromatic N) is 2. The van der Waals surface area contributed by atoms with Crippen LogP contribution in [0.4, 0.5) is 0 Å². The third kappa shape index (κ3) is 4.71. The van der Waals surface area contributed by atoms with E-state index < -0.39 is 0 Å². The van der Waals surface area contributed by atoms with Gasteiger partial charge < -0.3 is 15.4 Å². The highest BCUT2D eigenvalue weighted by molar-refractivity contribution is 5.04. The summed E-state index contributed by atoms with van der Waals surface area (Å²) in [5.74, 6) is 0.678. The van der Waals surface area contributed by atoms with Gasteiger partial charge in [0, 0.05) is 38.3 Å². The Morgan fingerprint density at radius 2 is 1.89 bits per heavy atom. The lowest BCUT2D eigenvalue weighted by Gasteiger charge is -2.54. The summed E-state index contributed by atoms with van der Waals surface area (Å²) in [5, 5.41) is 0. The van der Waals surface area contributed by atoms with E-state index in [4.69, 9.17) is 10.5 Å². The van der Waals surface area contributed by atoms with Crippen molar-refractivity contribution in [3.63, 3.8) is 0 Å². The predicted molar refractivity (Wildman–Crippen MR) is 81.4 cm³/mol. The van der Waals surface area contributed by atoms with Gasteiger partial charge in [0.05, 0.1) is 6.10 Å². The Morgan fingerprint density at radius 1 is 1.26 bits per heavy atom. The van der Waals surface area contributed by atoms with Crippen LogP contribution >= 0.6 is 0 Å². The van der Waals surface area contributed by atoms with E-state index in [2.05, 4.69) is 44.7 Å². The van der Waals surface area contributed by atoms with Crippen molar-refractivity contribution in [1.29, 1.82) is 0 Å². The zero-order valence-electron chi connectivity index (χ0n) is 13.5. The monoisotopic (exact) mass is 271 g/mol. The van der Waals surface area contributed by atoms with Gasteiger partial charge in [-0.3, -0.25) is 4.90 Å². The van der Waals surface area contributed by atoms with Crippen LogP contribution in [0.1, 0.15) is 33.6 Å². The third-order valence-electron chi connectivity index (χ3n) is 4.07. The summed E-state index contributed by atoms with van der Waals surface area (Å²) < 4.78 is 5.72. The van der Waals surface area contributed by atoms with Gasteiger partial charge in [-0.25, -0.2) is 0 Å². The number of likely N-dealkylation sites (N-methyl/N-ethyl adjacent to an activating group) is 1. The molecular formula is C15H33N3O. The van der Waals surface area contributed by atoms with Crippen LogP contribution in [0.2, 0.25) is 0 Å². The maximum atomic E-state index is 6.10. The number of hydrogen-bond donors (Lipinski definition) is 1. The highest BCUT2D eigenvalue weighted by atomic mass is 16.5. The lowest BCUT2D eigenvalue weighted by atomic mass is 9.72. The molecule has 0 amide bonds. The van der Waals surface area contributed by atoms with Crippen LogP contribution in [-0.4, -0.2) is 68.3 Å². The largest absolute Gasteiger partial charge is 0.378 e. The van der Waals surface area contributed by atoms with Crippen molar-refractivity contribution in [2.45, 2.75) is 45.3 Å². The molecule has 0 unspecified atom stereocenters. The molecular weight excluding hydrogens is 238 g/mol. The van der Waals surface area contributed by atoms with Crippen LogP contribution in [-0.2, 0) is 4.74 Å². The average Bonchev–Trinajstić information content (AvgIpc) is 2.28. The van der Waals surface area contributed by atoms with Gasteiger partial charge >= 0.3 is 0 Å². The number of ether oxygens (including phenoxy) is 1. The van der Waals surface area contributed by atoms with Crippen LogP contribution in [0.3, 0.4) is 0 Å². The second kappa shape index (κ2) is 7.58. The van der Waals surface area contributed by atoms with Gasteiger partial charge in [0.25, 0.3) is 0 Å². The SMILES string of the molecule is CCOC1CC(CN)(N(CCN(C)C)CC(C)C)C1. The molecule has 0 atom stereocenters. The Kier molecular flexibility index (Phi) is 6.74. The molecule has 19 heavy (non-hydrogen) atoms. The Labute approximate surface area is 119 Å². The molecule has 0 aliphatic heterocycles. The Balaban J connectivity index is 2.60. The summed E-state index contributed by atoms with van der Waals surface area (Å²) in [4.78, 5) is 4.85. The molecule has 2 N–H and O–H groups in total. The van der Waals surface area contributed by atoms with Crippen molar-refractivity contribution in [3.8, 4) is 0 Å². The smallest absolute Gasteiger partial charge is 0.0611 e. The normalized spacial score (nSPS) is 27.3. The topological polar surface area (TPSA) is 41.7 Å². The summed E-state index contributed by atoms with van der Waals surface area (Å²) in [6, 6.07) is 0. The fourth-order valence-corrected chi connectivity index (χ4v) is 2.98. The molecule has 4 heteroatoms. The molecule has 1 aliphatic rings. The van der Waals surface area contributed by atoms with Crippen LogP contribution in [0.15, 0.2) is 0 Å². The first-order valence-electron chi connectivity index (χ1n) is 7.65. The molecule has 0 radical (unpaired) electrons. The lowest BCUT2D eigenvalue weighted by Crippen LogP contribution is -2.65. The number of nitrogens with two attached hydrogens (primary N) is 1. The minimum atomic E-state index is 0.181. The molecule has 1 rings (SSSR count). The Morgan fingerprint density at radius 3 is 2.32 bits per heavy atom. The summed E-state index contributed by atoms with van der Waals surface area (Å²) >= 11 is 0. The first-order valence-corrected chi connectivity index (χ1v) is 7.65. The van der Waals surface area contributed by atoms with Gasteiger partial charge in [0.2, 0.25) is 0 Å². The fourth-order valence-electron chi connectivity index (χ4n) is 2.98. The van der Waals surface area contributed by atoms with E-state index >= 15 is 0 Å². The van der Waals surface area contributed by atoms with Gasteiger partial charge in [0.1, 0.15) is 0 Å². The summed E-state index contributed by atoms with van der Waals surface area (Å²) in [6.45, 7) is 11.5. The van der Waals surface area contributed by atoms with E-state index in [1.54, 1.807) is 0 Å². The maximum absolute atomic E-state index is 6.10. The predicted octanol–water partition coefficient (Wildman–Crippen LogP) is 1.40. The molecule has 0 bridgehead atoms. The second-order valence-electron chi connectivity index (χ2n) is 6.56. The fraction of sp³-hybridized carbons (Fsp3) is 1.00. The summed E-state index contributed by atoms with van der Waals surface area (Å²) in [5.41, 5.74) is 6.28. The molecule has 0 aromatic rings. The summed E-state index contributed by atoms with van der Waals surface area (Å²) in [6.07, 6.45) is 2.61. The minimum absolute atomic E-state index is 0.181. The molecule has 0 heterocycles. The van der Waals surface area contributed by atoms with E-state index in [1.165, 1.54) is 0 Å². The molecule has 114 valence electrons. The lowest BCUT2D eigenvalue weighted by molar-refractivity contribution is -0.104. The third-order valence-corrected chi connectivity index (χ3v) is 4.07. The van der Waals surface area contributed by atoms with Crippen LogP contribution in [0.5, 0.6) is 0 Å². The number of rotatable bonds is 9. The standard InChI is InChI=1S/C15H33N3O/c1-6-19-14-9-15(10-14,12-16)18(11-13(2)3)8-7-17(4)5/h13-14H,6-12,16H2,1-5H3. The van der Waals surface area contributed by atoms with Crippen molar-refractivity contribution < 1.29 is 4.74 Å². The van der Waals surface area contributed by atoms with E-state index in [1.807, 2.05) is 0 Å². The van der Waals surface area contributed by atoms with Crippen molar-refractivity contribution >= 4 is 0 Å². The molecule has 1 saturated carbocycles. The highest BCUT2D eigenvalue weighted by Gasteiger charge is 2.47. The van der Waals surface area contributed by atoms with Crippen LogP contribution in [0.25, 0.3) is 0 Å². The van der Waals surface area contributed by atoms with E-state index in [9.17, 15) is 0 Å². The van der Waals surface area contributed by atoms with Crippen LogP contribution in [0, 0.1) is 5.92 Å². The van der Waals surface area contributed by atoms with Gasteiger partial charge in [-0.05, 0) is 39.8 Å². The maximum Gasteiger partial charge on any atom is 0.0611 e. The first kappa shape index (κ1) is 16.9. The molecule has 0 spiro atoms. The van der Waals surface area contributed by atoms with Crippen molar-refractivity contribution in [2.75, 3.05) is 46.9 Å². The first-order chi connectivity index (χ1) is 8.93. The van der Waals surface area contributed by atoms with Gasteiger partial charge in [-0.15, -0.1) is 0 Å². The zero-order valence-corrected chi connectivity index (χ0v) is 13.5. The van der Waals surface area contributed by atoms with Gasteiger partial charge in [-0.1, -0.05) is 13.8 Å². The molecule has 1 fully saturated rings. The summed E-state index contributed by atoms with van der Waals surface area (Å²) in [7, 11) is 4.26. The van der Waals surface area contributed by atoms with E-state index in [-0.39, 0.29) is 5.54 Å². The number of hydrogen-bond acceptors (Lipinski definition) is 4. The molecule has 4 nitrogen and oxygen atoms in total. The van der Waals surface area contributed by atoms with Crippen molar-refractivity contribution in [1.82, 2.24) is 9.80 Å². The van der Waals surface area contributed by atoms with E-state index in [0.29, 0.717) is 12.0 Å².